The highest BCUT2D eigenvalue weighted by molar-refractivity contribution is 6.04. The Morgan fingerprint density at radius 3 is 2.31 bits per heavy atom. The van der Waals surface area contributed by atoms with Gasteiger partial charge in [-0.15, -0.1) is 0 Å². The number of furan rings is 1. The zero-order chi connectivity index (χ0) is 24.9. The summed E-state index contributed by atoms with van der Waals surface area (Å²) in [6, 6.07) is 25.4. The molecule has 36 heavy (non-hydrogen) atoms. The fourth-order valence-electron chi connectivity index (χ4n) is 4.01. The van der Waals surface area contributed by atoms with Crippen molar-refractivity contribution >= 4 is 34.4 Å². The van der Waals surface area contributed by atoms with Crippen molar-refractivity contribution in [1.82, 2.24) is 10.6 Å². The van der Waals surface area contributed by atoms with Crippen LogP contribution in [-0.2, 0) is 22.4 Å². The van der Waals surface area contributed by atoms with E-state index in [0.717, 1.165) is 29.4 Å². The summed E-state index contributed by atoms with van der Waals surface area (Å²) in [7, 11) is 0. The molecule has 0 aliphatic heterocycles. The summed E-state index contributed by atoms with van der Waals surface area (Å²) >= 11 is 0. The molecule has 1 atom stereocenters. The molecule has 0 saturated heterocycles. The highest BCUT2D eigenvalue weighted by Crippen LogP contribution is 2.21. The van der Waals surface area contributed by atoms with Gasteiger partial charge in [0.2, 0.25) is 11.8 Å². The summed E-state index contributed by atoms with van der Waals surface area (Å²) in [5.74, 6) is -0.505. The van der Waals surface area contributed by atoms with E-state index in [4.69, 9.17) is 4.42 Å². The lowest BCUT2D eigenvalue weighted by Gasteiger charge is -2.19. The number of hydrogen-bond acceptors (Lipinski definition) is 4. The van der Waals surface area contributed by atoms with Crippen molar-refractivity contribution in [3.05, 3.63) is 102 Å². The smallest absolute Gasteiger partial charge is 0.291 e. The fourth-order valence-corrected chi connectivity index (χ4v) is 4.01. The predicted molar refractivity (Wildman–Crippen MR) is 138 cm³/mol. The number of para-hydroxylation sites is 1. The quantitative estimate of drug-likeness (QED) is 0.333. The highest BCUT2D eigenvalue weighted by Gasteiger charge is 2.28. The summed E-state index contributed by atoms with van der Waals surface area (Å²) in [4.78, 5) is 38.1. The van der Waals surface area contributed by atoms with Gasteiger partial charge in [0, 0.05) is 23.5 Å². The number of carbonyl (C=O) groups excluding carboxylic acids is 3. The van der Waals surface area contributed by atoms with Crippen LogP contribution < -0.4 is 16.0 Å². The minimum absolute atomic E-state index is 0.125. The summed E-state index contributed by atoms with van der Waals surface area (Å²) in [5.41, 5.74) is 3.00. The van der Waals surface area contributed by atoms with Crippen LogP contribution in [0.4, 0.5) is 5.69 Å². The molecule has 1 fully saturated rings. The monoisotopic (exact) mass is 481 g/mol. The van der Waals surface area contributed by atoms with Crippen LogP contribution in [0.2, 0.25) is 0 Å². The zero-order valence-corrected chi connectivity index (χ0v) is 19.7. The van der Waals surface area contributed by atoms with Gasteiger partial charge in [-0.3, -0.25) is 14.4 Å². The highest BCUT2D eigenvalue weighted by atomic mass is 16.3. The first-order valence-corrected chi connectivity index (χ1v) is 12.1. The van der Waals surface area contributed by atoms with Crippen LogP contribution in [0.1, 0.15) is 34.5 Å². The Morgan fingerprint density at radius 1 is 0.861 bits per heavy atom. The zero-order valence-electron chi connectivity index (χ0n) is 19.7. The average Bonchev–Trinajstić information content (AvgIpc) is 3.59. The number of nitrogens with one attached hydrogen (secondary N) is 3. The number of rotatable bonds is 9. The lowest BCUT2D eigenvalue weighted by atomic mass is 10.0. The van der Waals surface area contributed by atoms with E-state index in [1.54, 1.807) is 30.3 Å². The lowest BCUT2D eigenvalue weighted by molar-refractivity contribution is -0.128. The molecule has 3 aromatic carbocycles. The standard InChI is InChI=1S/C29H27N3O4/c33-27(32-24(28(34)30-23-14-15-23)16-19-6-2-1-3-7-19)17-20-10-12-22(13-11-20)31-29(35)26-18-21-8-4-5-9-25(21)36-26/h1-13,18,23-24H,14-17H2,(H,30,34)(H,31,35)(H,32,33). The molecule has 182 valence electrons. The van der Waals surface area contributed by atoms with E-state index in [1.165, 1.54) is 0 Å². The maximum Gasteiger partial charge on any atom is 0.291 e. The second kappa shape index (κ2) is 10.5. The van der Waals surface area contributed by atoms with E-state index in [2.05, 4.69) is 16.0 Å². The van der Waals surface area contributed by atoms with E-state index in [-0.39, 0.29) is 35.9 Å². The van der Waals surface area contributed by atoms with Gasteiger partial charge < -0.3 is 20.4 Å². The first-order chi connectivity index (χ1) is 17.5. The van der Waals surface area contributed by atoms with Crippen molar-refractivity contribution in [2.24, 2.45) is 0 Å². The van der Waals surface area contributed by atoms with Crippen LogP contribution in [0.5, 0.6) is 0 Å². The molecule has 4 aromatic rings. The third-order valence-corrected chi connectivity index (χ3v) is 6.08. The van der Waals surface area contributed by atoms with Gasteiger partial charge in [0.25, 0.3) is 5.91 Å². The van der Waals surface area contributed by atoms with Crippen LogP contribution >= 0.6 is 0 Å². The van der Waals surface area contributed by atoms with Crippen molar-refractivity contribution < 1.29 is 18.8 Å². The van der Waals surface area contributed by atoms with Crippen LogP contribution in [-0.4, -0.2) is 29.8 Å². The van der Waals surface area contributed by atoms with Crippen LogP contribution in [0.15, 0.2) is 89.3 Å². The molecule has 7 nitrogen and oxygen atoms in total. The summed E-state index contributed by atoms with van der Waals surface area (Å²) in [6.07, 6.45) is 2.52. The van der Waals surface area contributed by atoms with Gasteiger partial charge in [0.05, 0.1) is 6.42 Å². The Bertz CT molecular complexity index is 1340. The van der Waals surface area contributed by atoms with Gasteiger partial charge in [-0.25, -0.2) is 0 Å². The molecular formula is C29H27N3O4. The number of amides is 3. The van der Waals surface area contributed by atoms with Gasteiger partial charge in [0.1, 0.15) is 11.6 Å². The molecule has 5 rings (SSSR count). The molecule has 1 aromatic heterocycles. The van der Waals surface area contributed by atoms with E-state index >= 15 is 0 Å². The van der Waals surface area contributed by atoms with Crippen molar-refractivity contribution in [2.75, 3.05) is 5.32 Å². The first kappa shape index (κ1) is 23.4. The lowest BCUT2D eigenvalue weighted by Crippen LogP contribution is -2.49. The van der Waals surface area contributed by atoms with Crippen molar-refractivity contribution in [1.29, 1.82) is 0 Å². The largest absolute Gasteiger partial charge is 0.451 e. The number of benzene rings is 3. The van der Waals surface area contributed by atoms with Crippen LogP contribution in [0, 0.1) is 0 Å². The molecule has 1 saturated carbocycles. The molecule has 7 heteroatoms. The summed E-state index contributed by atoms with van der Waals surface area (Å²) in [6.45, 7) is 0. The number of carbonyl (C=O) groups is 3. The van der Waals surface area contributed by atoms with E-state index in [9.17, 15) is 14.4 Å². The second-order valence-corrected chi connectivity index (χ2v) is 9.07. The number of fused-ring (bicyclic) bond motifs is 1. The van der Waals surface area contributed by atoms with Gasteiger partial charge >= 0.3 is 0 Å². The van der Waals surface area contributed by atoms with Gasteiger partial charge in [-0.05, 0) is 48.2 Å². The SMILES string of the molecule is O=C(Cc1ccc(NC(=O)c2cc3ccccc3o2)cc1)NC(Cc1ccccc1)C(=O)NC1CC1. The third-order valence-electron chi connectivity index (χ3n) is 6.08. The second-order valence-electron chi connectivity index (χ2n) is 9.07. The molecule has 3 N–H and O–H groups in total. The summed E-state index contributed by atoms with van der Waals surface area (Å²) in [5, 5.41) is 9.56. The fraction of sp³-hybridized carbons (Fsp3) is 0.207. The Balaban J connectivity index is 1.18. The maximum absolute atomic E-state index is 12.8. The minimum atomic E-state index is -0.636. The number of anilines is 1. The summed E-state index contributed by atoms with van der Waals surface area (Å²) < 4.78 is 5.61. The molecule has 0 bridgehead atoms. The van der Waals surface area contributed by atoms with Crippen molar-refractivity contribution in [2.45, 2.75) is 37.8 Å². The average molecular weight is 482 g/mol. The Labute approximate surface area is 208 Å². The van der Waals surface area contributed by atoms with Crippen molar-refractivity contribution in [3.8, 4) is 0 Å². The van der Waals surface area contributed by atoms with E-state index in [0.29, 0.717) is 17.7 Å². The third kappa shape index (κ3) is 5.99. The molecular weight excluding hydrogens is 454 g/mol. The maximum atomic E-state index is 12.8. The van der Waals surface area contributed by atoms with Gasteiger partial charge in [-0.2, -0.15) is 0 Å². The number of hydrogen-bond donors (Lipinski definition) is 3. The Morgan fingerprint density at radius 2 is 1.58 bits per heavy atom. The first-order valence-electron chi connectivity index (χ1n) is 12.1. The topological polar surface area (TPSA) is 100 Å². The molecule has 1 unspecified atom stereocenters. The Hall–Kier alpha value is -4.39. The van der Waals surface area contributed by atoms with Crippen molar-refractivity contribution in [3.63, 3.8) is 0 Å². The van der Waals surface area contributed by atoms with Gasteiger partial charge in [-0.1, -0.05) is 60.7 Å². The van der Waals surface area contributed by atoms with E-state index < -0.39 is 6.04 Å². The van der Waals surface area contributed by atoms with E-state index in [1.807, 2.05) is 54.6 Å². The molecule has 0 spiro atoms. The molecule has 1 aliphatic rings. The molecule has 1 heterocycles. The molecule has 0 radical (unpaired) electrons. The van der Waals surface area contributed by atoms with Crippen LogP contribution in [0.3, 0.4) is 0 Å². The predicted octanol–water partition coefficient (Wildman–Crippen LogP) is 4.23. The Kier molecular flexibility index (Phi) is 6.80. The molecule has 1 aliphatic carbocycles. The van der Waals surface area contributed by atoms with Crippen LogP contribution in [0.25, 0.3) is 11.0 Å². The van der Waals surface area contributed by atoms with Gasteiger partial charge in [0.15, 0.2) is 5.76 Å². The normalized spacial score (nSPS) is 13.7. The minimum Gasteiger partial charge on any atom is -0.451 e. The molecule has 3 amide bonds.